The molecule has 0 radical (unpaired) electrons. The van der Waals surface area contributed by atoms with E-state index in [0.29, 0.717) is 0 Å². The summed E-state index contributed by atoms with van der Waals surface area (Å²) >= 11 is 0. The number of aromatic nitrogens is 2. The Hall–Kier alpha value is -1.61. The number of hydrogen-bond acceptors (Lipinski definition) is 2. The number of aryl methyl sites for hydroxylation is 1. The Morgan fingerprint density at radius 1 is 1.24 bits per heavy atom. The summed E-state index contributed by atoms with van der Waals surface area (Å²) in [5, 5.41) is 3.44. The predicted molar refractivity (Wildman–Crippen MR) is 69.5 cm³/mol. The van der Waals surface area contributed by atoms with Crippen molar-refractivity contribution in [3.05, 3.63) is 54.1 Å². The van der Waals surface area contributed by atoms with Gasteiger partial charge in [-0.3, -0.25) is 4.98 Å². The maximum atomic E-state index is 4.10. The van der Waals surface area contributed by atoms with Gasteiger partial charge >= 0.3 is 0 Å². The monoisotopic (exact) mass is 229 g/mol. The minimum absolute atomic E-state index is 0.866. The molecule has 0 aliphatic rings. The molecule has 0 unspecified atom stereocenters. The van der Waals surface area contributed by atoms with Gasteiger partial charge in [-0.2, -0.15) is 0 Å². The summed E-state index contributed by atoms with van der Waals surface area (Å²) in [7, 11) is 0. The molecule has 3 nitrogen and oxygen atoms in total. The lowest BCUT2D eigenvalue weighted by Gasteiger charge is -2.09. The van der Waals surface area contributed by atoms with Crippen LogP contribution in [0.25, 0.3) is 0 Å². The van der Waals surface area contributed by atoms with E-state index in [-0.39, 0.29) is 0 Å². The Bertz CT molecular complexity index is 434. The van der Waals surface area contributed by atoms with Gasteiger partial charge in [-0.25, -0.2) is 0 Å². The van der Waals surface area contributed by atoms with Gasteiger partial charge in [0.25, 0.3) is 0 Å². The Kier molecular flexibility index (Phi) is 4.33. The highest BCUT2D eigenvalue weighted by atomic mass is 15.0. The van der Waals surface area contributed by atoms with E-state index in [2.05, 4.69) is 46.2 Å². The summed E-state index contributed by atoms with van der Waals surface area (Å²) < 4.78 is 2.30. The van der Waals surface area contributed by atoms with Crippen molar-refractivity contribution in [3.8, 4) is 0 Å². The SMILES string of the molecule is CCCn1cccc1CNCc1cccnc1. The van der Waals surface area contributed by atoms with Crippen molar-refractivity contribution in [2.75, 3.05) is 0 Å². The van der Waals surface area contributed by atoms with Crippen molar-refractivity contribution in [2.24, 2.45) is 0 Å². The Labute approximate surface area is 103 Å². The second-order valence-corrected chi connectivity index (χ2v) is 4.16. The van der Waals surface area contributed by atoms with Gasteiger partial charge in [0.1, 0.15) is 0 Å². The fraction of sp³-hybridized carbons (Fsp3) is 0.357. The van der Waals surface area contributed by atoms with Gasteiger partial charge in [0.05, 0.1) is 0 Å². The molecule has 0 spiro atoms. The highest BCUT2D eigenvalue weighted by molar-refractivity contribution is 5.10. The normalized spacial score (nSPS) is 10.6. The summed E-state index contributed by atoms with van der Waals surface area (Å²) in [6, 6.07) is 8.34. The average molecular weight is 229 g/mol. The molecule has 0 aliphatic heterocycles. The van der Waals surface area contributed by atoms with Gasteiger partial charge < -0.3 is 9.88 Å². The maximum absolute atomic E-state index is 4.10. The van der Waals surface area contributed by atoms with Crippen LogP contribution in [0.4, 0.5) is 0 Å². The molecule has 2 aromatic rings. The Balaban J connectivity index is 1.84. The highest BCUT2D eigenvalue weighted by Gasteiger charge is 1.99. The van der Waals surface area contributed by atoms with Crippen LogP contribution >= 0.6 is 0 Å². The third-order valence-electron chi connectivity index (χ3n) is 2.75. The topological polar surface area (TPSA) is 29.9 Å². The molecular weight excluding hydrogens is 210 g/mol. The van der Waals surface area contributed by atoms with Crippen molar-refractivity contribution < 1.29 is 0 Å². The quantitative estimate of drug-likeness (QED) is 0.825. The molecule has 0 fully saturated rings. The van der Waals surface area contributed by atoms with Crippen LogP contribution in [0.2, 0.25) is 0 Å². The molecular formula is C14H19N3. The van der Waals surface area contributed by atoms with E-state index < -0.39 is 0 Å². The van der Waals surface area contributed by atoms with Crippen LogP contribution in [0.15, 0.2) is 42.9 Å². The van der Waals surface area contributed by atoms with Gasteiger partial charge in [-0.05, 0) is 30.2 Å². The lowest BCUT2D eigenvalue weighted by Crippen LogP contribution is -2.15. The maximum Gasteiger partial charge on any atom is 0.0362 e. The molecule has 2 heterocycles. The summed E-state index contributed by atoms with van der Waals surface area (Å²) in [6.07, 6.45) is 7.02. The molecule has 90 valence electrons. The van der Waals surface area contributed by atoms with Crippen molar-refractivity contribution in [3.63, 3.8) is 0 Å². The molecule has 0 bridgehead atoms. The molecule has 1 N–H and O–H groups in total. The second kappa shape index (κ2) is 6.21. The largest absolute Gasteiger partial charge is 0.350 e. The van der Waals surface area contributed by atoms with E-state index in [4.69, 9.17) is 0 Å². The van der Waals surface area contributed by atoms with Crippen LogP contribution < -0.4 is 5.32 Å². The second-order valence-electron chi connectivity index (χ2n) is 4.16. The molecule has 0 atom stereocenters. The first-order valence-corrected chi connectivity index (χ1v) is 6.14. The summed E-state index contributed by atoms with van der Waals surface area (Å²) in [6.45, 7) is 5.07. The minimum atomic E-state index is 0.866. The van der Waals surface area contributed by atoms with Gasteiger partial charge in [0.2, 0.25) is 0 Å². The van der Waals surface area contributed by atoms with Crippen LogP contribution in [0, 0.1) is 0 Å². The Morgan fingerprint density at radius 3 is 2.94 bits per heavy atom. The third-order valence-corrected chi connectivity index (χ3v) is 2.75. The first-order chi connectivity index (χ1) is 8.40. The van der Waals surface area contributed by atoms with Gasteiger partial charge in [0, 0.05) is 43.9 Å². The molecule has 0 aromatic carbocycles. The molecule has 17 heavy (non-hydrogen) atoms. The lowest BCUT2D eigenvalue weighted by molar-refractivity contribution is 0.601. The highest BCUT2D eigenvalue weighted by Crippen LogP contribution is 2.04. The standard InChI is InChI=1S/C14H19N3/c1-2-8-17-9-4-6-14(17)12-16-11-13-5-3-7-15-10-13/h3-7,9-10,16H,2,8,11-12H2,1H3. The molecule has 2 aromatic heterocycles. The lowest BCUT2D eigenvalue weighted by atomic mass is 10.3. The van der Waals surface area contributed by atoms with Crippen LogP contribution in [0.1, 0.15) is 24.6 Å². The first-order valence-electron chi connectivity index (χ1n) is 6.14. The number of nitrogens with zero attached hydrogens (tertiary/aromatic N) is 2. The molecule has 0 aliphatic carbocycles. The number of hydrogen-bond donors (Lipinski definition) is 1. The van der Waals surface area contributed by atoms with E-state index in [9.17, 15) is 0 Å². The van der Waals surface area contributed by atoms with Gasteiger partial charge in [-0.1, -0.05) is 13.0 Å². The van der Waals surface area contributed by atoms with Crippen molar-refractivity contribution >= 4 is 0 Å². The van der Waals surface area contributed by atoms with E-state index in [1.54, 1.807) is 6.20 Å². The van der Waals surface area contributed by atoms with Crippen LogP contribution in [0.5, 0.6) is 0 Å². The molecule has 0 amide bonds. The third kappa shape index (κ3) is 3.43. The Morgan fingerprint density at radius 2 is 2.18 bits per heavy atom. The fourth-order valence-corrected chi connectivity index (χ4v) is 1.91. The van der Waals surface area contributed by atoms with Crippen LogP contribution in [-0.2, 0) is 19.6 Å². The first kappa shape index (κ1) is 11.9. The van der Waals surface area contributed by atoms with Crippen molar-refractivity contribution in [1.29, 1.82) is 0 Å². The molecule has 0 saturated heterocycles. The van der Waals surface area contributed by atoms with Gasteiger partial charge in [-0.15, -0.1) is 0 Å². The number of rotatable bonds is 6. The number of pyridine rings is 1. The zero-order valence-electron chi connectivity index (χ0n) is 10.3. The smallest absolute Gasteiger partial charge is 0.0362 e. The summed E-state index contributed by atoms with van der Waals surface area (Å²) in [4.78, 5) is 4.10. The zero-order valence-corrected chi connectivity index (χ0v) is 10.3. The van der Waals surface area contributed by atoms with Gasteiger partial charge in [0.15, 0.2) is 0 Å². The predicted octanol–water partition coefficient (Wildman–Crippen LogP) is 2.58. The fourth-order valence-electron chi connectivity index (χ4n) is 1.91. The van der Waals surface area contributed by atoms with Crippen LogP contribution in [-0.4, -0.2) is 9.55 Å². The van der Waals surface area contributed by atoms with E-state index in [0.717, 1.165) is 19.6 Å². The minimum Gasteiger partial charge on any atom is -0.350 e. The zero-order chi connectivity index (χ0) is 11.9. The van der Waals surface area contributed by atoms with E-state index in [1.807, 2.05) is 12.3 Å². The van der Waals surface area contributed by atoms with Crippen LogP contribution in [0.3, 0.4) is 0 Å². The average Bonchev–Trinajstić information content (AvgIpc) is 2.79. The van der Waals surface area contributed by atoms with Crippen molar-refractivity contribution in [1.82, 2.24) is 14.9 Å². The summed E-state index contributed by atoms with van der Waals surface area (Å²) in [5.74, 6) is 0. The summed E-state index contributed by atoms with van der Waals surface area (Å²) in [5.41, 5.74) is 2.57. The van der Waals surface area contributed by atoms with E-state index in [1.165, 1.54) is 17.7 Å². The van der Waals surface area contributed by atoms with E-state index >= 15 is 0 Å². The number of nitrogens with one attached hydrogen (secondary N) is 1. The molecule has 0 saturated carbocycles. The molecule has 2 rings (SSSR count). The van der Waals surface area contributed by atoms with Crippen molar-refractivity contribution in [2.45, 2.75) is 33.0 Å². The molecule has 3 heteroatoms.